The number of methoxy groups -OCH3 is 1. The number of amides is 1. The van der Waals surface area contributed by atoms with Gasteiger partial charge in [0.1, 0.15) is 12.2 Å². The zero-order valence-electron chi connectivity index (χ0n) is 26.8. The summed E-state index contributed by atoms with van der Waals surface area (Å²) >= 11 is 0. The highest BCUT2D eigenvalue weighted by Gasteiger charge is 2.66. The van der Waals surface area contributed by atoms with Gasteiger partial charge in [0.15, 0.2) is 23.0 Å². The lowest BCUT2D eigenvalue weighted by atomic mass is 9.51. The van der Waals surface area contributed by atoms with Crippen molar-refractivity contribution in [3.05, 3.63) is 59.2 Å². The predicted molar refractivity (Wildman–Crippen MR) is 170 cm³/mol. The number of allylic oxidation sites excluding steroid dienone is 2. The standard InChI is InChI=1S/C36H46N2O7/c1-22(2)9-7-5-6-8-10-31(40)37-21-23-11-15-28(30(19-23)42-4)43-35(41)44-29-16-13-25-26-20-24-12-14-27(39)33-32(24)36(25,34(29)45-33)17-18-38(26)3/h7,9,11-12,14-15,19,22,25-26,29,34,39H,5-6,8,10,13,16-18,20-21H2,1-4H3,(H,37,40)/t25?,26?,29?,34-,36-/m1/s1. The lowest BCUT2D eigenvalue weighted by molar-refractivity contribution is -0.121. The van der Waals surface area contributed by atoms with Crippen LogP contribution in [0.1, 0.15) is 75.5 Å². The molecule has 2 bridgehead atoms. The van der Waals surface area contributed by atoms with Crippen LogP contribution in [0.3, 0.4) is 0 Å². The second-order valence-electron chi connectivity index (χ2n) is 13.4. The third-order valence-corrected chi connectivity index (χ3v) is 10.2. The van der Waals surface area contributed by atoms with Gasteiger partial charge in [0.2, 0.25) is 5.91 Å². The molecule has 1 saturated carbocycles. The van der Waals surface area contributed by atoms with Crippen molar-refractivity contribution in [2.75, 3.05) is 20.7 Å². The summed E-state index contributed by atoms with van der Waals surface area (Å²) in [6.07, 6.45) is 9.33. The molecule has 2 aromatic carbocycles. The number of ether oxygens (including phenoxy) is 4. The van der Waals surface area contributed by atoms with E-state index in [0.717, 1.165) is 56.2 Å². The van der Waals surface area contributed by atoms with E-state index in [1.165, 1.54) is 12.7 Å². The fraction of sp³-hybridized carbons (Fsp3) is 0.556. The van der Waals surface area contributed by atoms with Crippen molar-refractivity contribution in [3.63, 3.8) is 0 Å². The van der Waals surface area contributed by atoms with Crippen LogP contribution in [0.25, 0.3) is 0 Å². The van der Waals surface area contributed by atoms with Crippen molar-refractivity contribution in [1.82, 2.24) is 10.2 Å². The number of unbranched alkanes of at least 4 members (excludes halogenated alkanes) is 2. The fourth-order valence-corrected chi connectivity index (χ4v) is 8.16. The third kappa shape index (κ3) is 5.99. The van der Waals surface area contributed by atoms with Crippen molar-refractivity contribution in [3.8, 4) is 23.0 Å². The number of benzene rings is 2. The van der Waals surface area contributed by atoms with E-state index < -0.39 is 12.3 Å². The van der Waals surface area contributed by atoms with Crippen molar-refractivity contribution in [2.24, 2.45) is 11.8 Å². The number of phenolic OH excluding ortho intramolecular Hbond substituents is 1. The maximum absolute atomic E-state index is 13.2. The Bertz CT molecular complexity index is 1460. The first-order valence-electron chi connectivity index (χ1n) is 16.4. The van der Waals surface area contributed by atoms with E-state index in [9.17, 15) is 14.7 Å². The molecular formula is C36H46N2O7. The van der Waals surface area contributed by atoms with Gasteiger partial charge in [0, 0.05) is 30.0 Å². The minimum Gasteiger partial charge on any atom is -0.504 e. The molecule has 0 aromatic heterocycles. The zero-order chi connectivity index (χ0) is 31.7. The second-order valence-corrected chi connectivity index (χ2v) is 13.4. The Morgan fingerprint density at radius 3 is 2.82 bits per heavy atom. The molecule has 5 atom stereocenters. The van der Waals surface area contributed by atoms with Crippen LogP contribution in [0.15, 0.2) is 42.5 Å². The zero-order valence-corrected chi connectivity index (χ0v) is 26.8. The number of piperidine rings is 1. The predicted octanol–water partition coefficient (Wildman–Crippen LogP) is 6.04. The highest BCUT2D eigenvalue weighted by molar-refractivity contribution is 5.75. The highest BCUT2D eigenvalue weighted by Crippen LogP contribution is 2.64. The van der Waals surface area contributed by atoms with Gasteiger partial charge in [0.25, 0.3) is 0 Å². The number of nitrogens with zero attached hydrogens (tertiary/aromatic N) is 1. The van der Waals surface area contributed by atoms with Crippen molar-refractivity contribution in [1.29, 1.82) is 0 Å². The van der Waals surface area contributed by atoms with Crippen molar-refractivity contribution >= 4 is 12.1 Å². The van der Waals surface area contributed by atoms with Gasteiger partial charge in [-0.15, -0.1) is 0 Å². The van der Waals surface area contributed by atoms with Gasteiger partial charge >= 0.3 is 6.16 Å². The van der Waals surface area contributed by atoms with Gasteiger partial charge in [-0.1, -0.05) is 38.1 Å². The Kier molecular flexibility index (Phi) is 9.00. The summed E-state index contributed by atoms with van der Waals surface area (Å²) in [5, 5.41) is 13.7. The van der Waals surface area contributed by atoms with E-state index in [1.54, 1.807) is 24.3 Å². The Morgan fingerprint density at radius 2 is 2.02 bits per heavy atom. The summed E-state index contributed by atoms with van der Waals surface area (Å²) < 4.78 is 23.7. The topological polar surface area (TPSA) is 107 Å². The smallest absolute Gasteiger partial charge is 0.504 e. The monoisotopic (exact) mass is 618 g/mol. The van der Waals surface area contributed by atoms with Crippen LogP contribution in [-0.4, -0.2) is 61.0 Å². The fourth-order valence-electron chi connectivity index (χ4n) is 8.16. The van der Waals surface area contributed by atoms with Crippen molar-refractivity contribution in [2.45, 2.75) is 95.4 Å². The summed E-state index contributed by atoms with van der Waals surface area (Å²) in [5.41, 5.74) is 2.87. The summed E-state index contributed by atoms with van der Waals surface area (Å²) in [4.78, 5) is 28.0. The molecule has 9 heteroatoms. The first-order chi connectivity index (χ1) is 21.7. The minimum atomic E-state index is -0.818. The van der Waals surface area contributed by atoms with E-state index in [-0.39, 0.29) is 28.9 Å². The third-order valence-electron chi connectivity index (χ3n) is 10.2. The van der Waals surface area contributed by atoms with Gasteiger partial charge in [0.05, 0.1) is 7.11 Å². The van der Waals surface area contributed by atoms with E-state index in [4.69, 9.17) is 18.9 Å². The highest BCUT2D eigenvalue weighted by atomic mass is 16.7. The second kappa shape index (κ2) is 12.9. The molecule has 1 saturated heterocycles. The van der Waals surface area contributed by atoms with Gasteiger partial charge in [-0.25, -0.2) is 4.79 Å². The number of hydrogen-bond acceptors (Lipinski definition) is 8. The van der Waals surface area contributed by atoms with Gasteiger partial charge in [-0.05, 0) is 99.7 Å². The molecule has 242 valence electrons. The Morgan fingerprint density at radius 1 is 1.18 bits per heavy atom. The van der Waals surface area contributed by atoms with Crippen LogP contribution in [-0.2, 0) is 27.9 Å². The number of likely N-dealkylation sites (tertiary alicyclic amines) is 1. The maximum atomic E-state index is 13.2. The van der Waals surface area contributed by atoms with Gasteiger partial charge in [-0.3, -0.25) is 4.79 Å². The van der Waals surface area contributed by atoms with Crippen LogP contribution in [0, 0.1) is 11.8 Å². The Hall–Kier alpha value is -3.72. The summed E-state index contributed by atoms with van der Waals surface area (Å²) in [5.74, 6) is 2.24. The molecule has 2 aliphatic heterocycles. The number of likely N-dealkylation sites (N-methyl/N-ethyl adjacent to an activating group) is 1. The number of carbonyl (C=O) groups excluding carboxylic acids is 2. The normalized spacial score (nSPS) is 26.3. The lowest BCUT2D eigenvalue weighted by Crippen LogP contribution is -2.66. The quantitative estimate of drug-likeness (QED) is 0.136. The molecule has 3 unspecified atom stereocenters. The largest absolute Gasteiger partial charge is 0.514 e. The molecular weight excluding hydrogens is 572 g/mol. The number of phenols is 1. The van der Waals surface area contributed by atoms with Crippen molar-refractivity contribution < 1.29 is 33.6 Å². The van der Waals surface area contributed by atoms with E-state index >= 15 is 0 Å². The first-order valence-corrected chi connectivity index (χ1v) is 16.4. The Labute approximate surface area is 265 Å². The molecule has 2 N–H and O–H groups in total. The van der Waals surface area contributed by atoms with E-state index in [0.29, 0.717) is 48.8 Å². The first kappa shape index (κ1) is 31.3. The molecule has 1 spiro atoms. The van der Waals surface area contributed by atoms with E-state index in [1.807, 2.05) is 6.07 Å². The molecule has 45 heavy (non-hydrogen) atoms. The average Bonchev–Trinajstić information content (AvgIpc) is 3.38. The van der Waals surface area contributed by atoms with Crippen LogP contribution < -0.4 is 19.5 Å². The summed E-state index contributed by atoms with van der Waals surface area (Å²) in [6, 6.07) is 9.35. The molecule has 9 nitrogen and oxygen atoms in total. The molecule has 2 fully saturated rings. The molecule has 0 radical (unpaired) electrons. The van der Waals surface area contributed by atoms with Gasteiger partial charge in [-0.2, -0.15) is 0 Å². The maximum Gasteiger partial charge on any atom is 0.514 e. The number of aromatic hydroxyl groups is 1. The number of rotatable bonds is 11. The summed E-state index contributed by atoms with van der Waals surface area (Å²) in [6.45, 7) is 5.58. The van der Waals surface area contributed by atoms with Crippen LogP contribution >= 0.6 is 0 Å². The average molecular weight is 619 g/mol. The van der Waals surface area contributed by atoms with Crippen LogP contribution in [0.4, 0.5) is 4.79 Å². The molecule has 2 aliphatic carbocycles. The minimum absolute atomic E-state index is 0.00511. The molecule has 2 aromatic rings. The summed E-state index contributed by atoms with van der Waals surface area (Å²) in [7, 11) is 3.70. The SMILES string of the molecule is COc1cc(CNC(=O)CCCCC=CC(C)C)ccc1OC(=O)OC1CCC2C3Cc4ccc(O)c5c4[C@]2(CCN3C)[C@@H]1O5. The number of carbonyl (C=O) groups is 2. The van der Waals surface area contributed by atoms with Gasteiger partial charge < -0.3 is 34.3 Å². The number of hydrogen-bond donors (Lipinski definition) is 2. The lowest BCUT2D eigenvalue weighted by Gasteiger charge is -2.58. The molecule has 1 amide bonds. The Balaban J connectivity index is 1.07. The van der Waals surface area contributed by atoms with Crippen LogP contribution in [0.5, 0.6) is 23.0 Å². The molecule has 4 aliphatic rings. The van der Waals surface area contributed by atoms with E-state index in [2.05, 4.69) is 43.3 Å². The van der Waals surface area contributed by atoms with Crippen LogP contribution in [0.2, 0.25) is 0 Å². The molecule has 2 heterocycles. The molecule has 6 rings (SSSR count). The number of nitrogens with one attached hydrogen (secondary N) is 1.